The molecule has 2 aromatic rings. The van der Waals surface area contributed by atoms with Crippen LogP contribution in [0.3, 0.4) is 0 Å². The molecule has 2 N–H and O–H groups in total. The van der Waals surface area contributed by atoms with Crippen LogP contribution in [-0.4, -0.2) is 18.6 Å². The van der Waals surface area contributed by atoms with Crippen LogP contribution < -0.4 is 4.72 Å². The van der Waals surface area contributed by atoms with Gasteiger partial charge in [0.25, 0.3) is 10.0 Å². The van der Waals surface area contributed by atoms with Gasteiger partial charge in [0.2, 0.25) is 0 Å². The minimum Gasteiger partial charge on any atom is -0.280 e. The third kappa shape index (κ3) is 3.20. The maximum Gasteiger partial charge on any atom is 0.263 e. The predicted molar refractivity (Wildman–Crippen MR) is 98.2 cm³/mol. The molecule has 0 aliphatic heterocycles. The number of H-pyrrole nitrogens is 1. The molecule has 1 aromatic heterocycles. The second-order valence-corrected chi connectivity index (χ2v) is 9.10. The molecule has 0 saturated carbocycles. The van der Waals surface area contributed by atoms with E-state index in [1.165, 1.54) is 0 Å². The van der Waals surface area contributed by atoms with Gasteiger partial charge in [0.05, 0.1) is 4.90 Å². The summed E-state index contributed by atoms with van der Waals surface area (Å²) in [4.78, 5) is 0.350. The quantitative estimate of drug-likeness (QED) is 0.878. The van der Waals surface area contributed by atoms with Gasteiger partial charge in [-0.2, -0.15) is 5.10 Å². The number of benzene rings is 1. The molecule has 0 bridgehead atoms. The molecule has 24 heavy (non-hydrogen) atoms. The number of sulfonamides is 1. The lowest BCUT2D eigenvalue weighted by Crippen LogP contribution is -2.18. The summed E-state index contributed by atoms with van der Waals surface area (Å²) >= 11 is 0. The van der Waals surface area contributed by atoms with Gasteiger partial charge in [-0.3, -0.25) is 9.82 Å². The largest absolute Gasteiger partial charge is 0.280 e. The van der Waals surface area contributed by atoms with Crippen LogP contribution in [0.25, 0.3) is 0 Å². The molecule has 0 amide bonds. The van der Waals surface area contributed by atoms with Gasteiger partial charge in [0, 0.05) is 17.2 Å². The monoisotopic (exact) mass is 349 g/mol. The Hall–Kier alpha value is -1.82. The normalized spacial score (nSPS) is 12.5. The highest BCUT2D eigenvalue weighted by Crippen LogP contribution is 2.31. The van der Waals surface area contributed by atoms with Crippen molar-refractivity contribution in [1.29, 1.82) is 0 Å². The maximum absolute atomic E-state index is 13.0. The standard InChI is InChI=1S/C18H27N3O2S/c1-10-11(2)13(4)17(14(5)12(10)3)24(22,23)21-16-9-15(19-20-16)18(6,7)8/h9H,1-8H3,(H2,19,20,21). The molecule has 0 aliphatic carbocycles. The summed E-state index contributed by atoms with van der Waals surface area (Å²) in [5, 5.41) is 7.00. The molecular formula is C18H27N3O2S. The Balaban J connectivity index is 2.51. The van der Waals surface area contributed by atoms with Gasteiger partial charge in [-0.25, -0.2) is 8.42 Å². The van der Waals surface area contributed by atoms with Crippen molar-refractivity contribution in [3.8, 4) is 0 Å². The fourth-order valence-electron chi connectivity index (χ4n) is 2.82. The molecule has 0 spiro atoms. The van der Waals surface area contributed by atoms with E-state index in [2.05, 4.69) is 14.9 Å². The van der Waals surface area contributed by atoms with Crippen molar-refractivity contribution in [3.63, 3.8) is 0 Å². The van der Waals surface area contributed by atoms with Crippen molar-refractivity contribution >= 4 is 15.8 Å². The molecule has 1 aromatic carbocycles. The SMILES string of the molecule is Cc1c(C)c(C)c(S(=O)(=O)Nc2cc(C(C)(C)C)[nH]n2)c(C)c1C. The Kier molecular flexibility index (Phi) is 4.57. The van der Waals surface area contributed by atoms with Crippen LogP contribution >= 0.6 is 0 Å². The fourth-order valence-corrected chi connectivity index (χ4v) is 4.41. The fraction of sp³-hybridized carbons (Fsp3) is 0.500. The summed E-state index contributed by atoms with van der Waals surface area (Å²) in [6.07, 6.45) is 0. The van der Waals surface area contributed by atoms with Crippen LogP contribution in [0.2, 0.25) is 0 Å². The van der Waals surface area contributed by atoms with Gasteiger partial charge >= 0.3 is 0 Å². The van der Waals surface area contributed by atoms with Crippen LogP contribution in [0.4, 0.5) is 5.82 Å². The number of aromatic nitrogens is 2. The molecule has 0 unspecified atom stereocenters. The van der Waals surface area contributed by atoms with E-state index in [9.17, 15) is 8.42 Å². The van der Waals surface area contributed by atoms with Gasteiger partial charge in [0.1, 0.15) is 0 Å². The van der Waals surface area contributed by atoms with Crippen molar-refractivity contribution in [1.82, 2.24) is 10.2 Å². The Bertz CT molecular complexity index is 859. The Labute approximate surface area is 144 Å². The number of aromatic amines is 1. The van der Waals surface area contributed by atoms with E-state index >= 15 is 0 Å². The number of hydrogen-bond donors (Lipinski definition) is 2. The van der Waals surface area contributed by atoms with Crippen LogP contribution in [-0.2, 0) is 15.4 Å². The molecule has 0 fully saturated rings. The van der Waals surface area contributed by atoms with Crippen LogP contribution in [0, 0.1) is 34.6 Å². The highest BCUT2D eigenvalue weighted by molar-refractivity contribution is 7.92. The lowest BCUT2D eigenvalue weighted by molar-refractivity contribution is 0.567. The van der Waals surface area contributed by atoms with Crippen molar-refractivity contribution in [3.05, 3.63) is 39.6 Å². The molecule has 0 saturated heterocycles. The van der Waals surface area contributed by atoms with Gasteiger partial charge in [-0.05, 0) is 62.4 Å². The van der Waals surface area contributed by atoms with Crippen LogP contribution in [0.1, 0.15) is 54.3 Å². The molecule has 2 rings (SSSR count). The van der Waals surface area contributed by atoms with Gasteiger partial charge in [0.15, 0.2) is 5.82 Å². The molecule has 132 valence electrons. The first-order valence-electron chi connectivity index (χ1n) is 8.02. The number of nitrogens with one attached hydrogen (secondary N) is 2. The number of nitrogens with zero attached hydrogens (tertiary/aromatic N) is 1. The number of anilines is 1. The van der Waals surface area contributed by atoms with Crippen LogP contribution in [0.5, 0.6) is 0 Å². The first-order chi connectivity index (χ1) is 10.9. The summed E-state index contributed by atoms with van der Waals surface area (Å²) < 4.78 is 28.5. The molecule has 5 nitrogen and oxygen atoms in total. The Morgan fingerprint density at radius 1 is 0.917 bits per heavy atom. The first kappa shape index (κ1) is 18.5. The molecule has 0 radical (unpaired) electrons. The average Bonchev–Trinajstić information content (AvgIpc) is 2.90. The van der Waals surface area contributed by atoms with Crippen molar-refractivity contribution in [2.75, 3.05) is 4.72 Å². The highest BCUT2D eigenvalue weighted by atomic mass is 32.2. The lowest BCUT2D eigenvalue weighted by Gasteiger charge is -2.18. The molecule has 0 atom stereocenters. The van der Waals surface area contributed by atoms with Crippen molar-refractivity contribution in [2.45, 2.75) is 65.7 Å². The highest BCUT2D eigenvalue weighted by Gasteiger charge is 2.25. The van der Waals surface area contributed by atoms with E-state index in [1.807, 2.05) is 55.4 Å². The molecular weight excluding hydrogens is 322 g/mol. The van der Waals surface area contributed by atoms with Gasteiger partial charge in [-0.15, -0.1) is 0 Å². The number of hydrogen-bond acceptors (Lipinski definition) is 3. The van der Waals surface area contributed by atoms with Gasteiger partial charge in [-0.1, -0.05) is 20.8 Å². The van der Waals surface area contributed by atoms with Crippen molar-refractivity contribution in [2.24, 2.45) is 0 Å². The maximum atomic E-state index is 13.0. The average molecular weight is 350 g/mol. The second kappa shape index (κ2) is 5.92. The first-order valence-corrected chi connectivity index (χ1v) is 9.50. The zero-order chi connectivity index (χ0) is 18.4. The lowest BCUT2D eigenvalue weighted by atomic mass is 9.92. The Morgan fingerprint density at radius 2 is 1.38 bits per heavy atom. The zero-order valence-electron chi connectivity index (χ0n) is 15.7. The summed E-state index contributed by atoms with van der Waals surface area (Å²) in [5.74, 6) is 0.314. The van der Waals surface area contributed by atoms with E-state index in [1.54, 1.807) is 6.07 Å². The summed E-state index contributed by atoms with van der Waals surface area (Å²) in [7, 11) is -3.70. The minimum absolute atomic E-state index is 0.125. The third-order valence-corrected chi connectivity index (χ3v) is 6.45. The minimum atomic E-state index is -3.70. The molecule has 0 aliphatic rings. The predicted octanol–water partition coefficient (Wildman–Crippen LogP) is 4.05. The Morgan fingerprint density at radius 3 is 1.79 bits per heavy atom. The van der Waals surface area contributed by atoms with Gasteiger partial charge < -0.3 is 0 Å². The van der Waals surface area contributed by atoms with E-state index < -0.39 is 10.0 Å². The summed E-state index contributed by atoms with van der Waals surface area (Å²) in [6.45, 7) is 15.8. The zero-order valence-corrected chi connectivity index (χ0v) is 16.6. The third-order valence-electron chi connectivity index (χ3n) is 4.82. The van der Waals surface area contributed by atoms with E-state index in [-0.39, 0.29) is 5.41 Å². The van der Waals surface area contributed by atoms with E-state index in [0.29, 0.717) is 10.7 Å². The molecule has 1 heterocycles. The van der Waals surface area contributed by atoms with Crippen molar-refractivity contribution < 1.29 is 8.42 Å². The topological polar surface area (TPSA) is 74.8 Å². The van der Waals surface area contributed by atoms with E-state index in [0.717, 1.165) is 33.5 Å². The van der Waals surface area contributed by atoms with Crippen LogP contribution in [0.15, 0.2) is 11.0 Å². The smallest absolute Gasteiger partial charge is 0.263 e. The summed E-state index contributed by atoms with van der Waals surface area (Å²) in [6, 6.07) is 1.75. The van der Waals surface area contributed by atoms with E-state index in [4.69, 9.17) is 0 Å². The number of rotatable bonds is 3. The summed E-state index contributed by atoms with van der Waals surface area (Å²) in [5.41, 5.74) is 5.49. The second-order valence-electron chi connectivity index (χ2n) is 7.48. The molecule has 6 heteroatoms.